The third kappa shape index (κ3) is 2.69. The van der Waals surface area contributed by atoms with Gasteiger partial charge in [-0.25, -0.2) is 0 Å². The van der Waals surface area contributed by atoms with Crippen molar-refractivity contribution in [3.8, 4) is 11.1 Å². The normalized spacial score (nSPS) is 13.6. The second kappa shape index (κ2) is 7.27. The van der Waals surface area contributed by atoms with E-state index in [0.717, 1.165) is 22.3 Å². The molecular weight excluding hydrogens is 380 g/mol. The van der Waals surface area contributed by atoms with E-state index in [1.807, 2.05) is 12.1 Å². The first-order chi connectivity index (χ1) is 15.1. The van der Waals surface area contributed by atoms with Crippen LogP contribution < -0.4 is 22.9 Å². The zero-order chi connectivity index (χ0) is 21.6. The highest BCUT2D eigenvalue weighted by Crippen LogP contribution is 2.56. The summed E-state index contributed by atoms with van der Waals surface area (Å²) in [5, 5.41) is 0. The molecule has 0 heterocycles. The van der Waals surface area contributed by atoms with Crippen molar-refractivity contribution >= 4 is 11.4 Å². The van der Waals surface area contributed by atoms with Crippen LogP contribution in [0.5, 0.6) is 0 Å². The lowest BCUT2D eigenvalue weighted by Gasteiger charge is -2.34. The highest BCUT2D eigenvalue weighted by molar-refractivity contribution is 5.86. The minimum atomic E-state index is -0.511. The van der Waals surface area contributed by atoms with Crippen LogP contribution >= 0.6 is 0 Å². The molecule has 0 bridgehead atoms. The molecule has 0 unspecified atom stereocenters. The maximum absolute atomic E-state index is 6.22. The van der Waals surface area contributed by atoms with Gasteiger partial charge >= 0.3 is 0 Å². The first kappa shape index (κ1) is 19.4. The van der Waals surface area contributed by atoms with Gasteiger partial charge in [0.15, 0.2) is 0 Å². The number of nitrogen functional groups attached to an aromatic ring is 2. The third-order valence-electron chi connectivity index (χ3n) is 6.54. The number of rotatable bonds is 4. The average molecular weight is 407 g/mol. The fourth-order valence-corrected chi connectivity index (χ4v) is 5.06. The molecule has 0 amide bonds. The molecule has 0 fully saturated rings. The van der Waals surface area contributed by atoms with E-state index in [1.165, 1.54) is 22.3 Å². The molecule has 0 saturated heterocycles. The van der Waals surface area contributed by atoms with Crippen LogP contribution in [0.4, 0.5) is 11.4 Å². The summed E-state index contributed by atoms with van der Waals surface area (Å²) in [6.45, 7) is 0.768. The standard InChI is InChI=1S/C27H26N4/c28-15-17-13-19(9-11-25(17)30)27(20-10-12-26(31)18(14-20)16-29)23-7-3-1-5-21(23)22-6-2-4-8-24(22)27/h1-14H,15-16,28-31H2. The topological polar surface area (TPSA) is 104 Å². The second-order valence-corrected chi connectivity index (χ2v) is 8.08. The fourth-order valence-electron chi connectivity index (χ4n) is 5.06. The SMILES string of the molecule is NCc1cc(C2(c3ccc(N)c(CN)c3)c3ccccc3-c3ccccc32)ccc1N. The molecule has 8 N–H and O–H groups in total. The Hall–Kier alpha value is -3.60. The van der Waals surface area contributed by atoms with Gasteiger partial charge in [0.25, 0.3) is 0 Å². The van der Waals surface area contributed by atoms with Crippen LogP contribution in [0.1, 0.15) is 33.4 Å². The number of fused-ring (bicyclic) bond motifs is 3. The summed E-state index contributed by atoms with van der Waals surface area (Å²) in [5.41, 5.74) is 34.5. The first-order valence-corrected chi connectivity index (χ1v) is 10.5. The predicted molar refractivity (Wildman–Crippen MR) is 128 cm³/mol. The van der Waals surface area contributed by atoms with Gasteiger partial charge in [-0.1, -0.05) is 72.8 Å². The minimum Gasteiger partial charge on any atom is -0.398 e. The molecule has 0 atom stereocenters. The van der Waals surface area contributed by atoms with Crippen molar-refractivity contribution in [1.82, 2.24) is 0 Å². The van der Waals surface area contributed by atoms with E-state index in [2.05, 4.69) is 72.8 Å². The summed E-state index contributed by atoms with van der Waals surface area (Å²) >= 11 is 0. The van der Waals surface area contributed by atoms with Gasteiger partial charge in [-0.15, -0.1) is 0 Å². The van der Waals surface area contributed by atoms with E-state index in [1.54, 1.807) is 0 Å². The molecule has 0 aromatic heterocycles. The van der Waals surface area contributed by atoms with Gasteiger partial charge in [-0.05, 0) is 56.6 Å². The maximum atomic E-state index is 6.22. The fraction of sp³-hybridized carbons (Fsp3) is 0.111. The molecule has 4 aromatic carbocycles. The quantitative estimate of drug-likeness (QED) is 0.337. The van der Waals surface area contributed by atoms with Crippen molar-refractivity contribution in [3.63, 3.8) is 0 Å². The molecule has 1 aliphatic rings. The largest absolute Gasteiger partial charge is 0.398 e. The smallest absolute Gasteiger partial charge is 0.0713 e. The van der Waals surface area contributed by atoms with Gasteiger partial charge in [0.1, 0.15) is 0 Å². The van der Waals surface area contributed by atoms with Crippen molar-refractivity contribution < 1.29 is 0 Å². The summed E-state index contributed by atoms with van der Waals surface area (Å²) in [6, 6.07) is 29.6. The van der Waals surface area contributed by atoms with Crippen LogP contribution in [0.25, 0.3) is 11.1 Å². The van der Waals surface area contributed by atoms with E-state index in [-0.39, 0.29) is 0 Å². The van der Waals surface area contributed by atoms with Crippen molar-refractivity contribution in [1.29, 1.82) is 0 Å². The van der Waals surface area contributed by atoms with Crippen LogP contribution in [-0.2, 0) is 18.5 Å². The molecule has 1 aliphatic carbocycles. The predicted octanol–water partition coefficient (Wildman–Crippen LogP) is 4.13. The van der Waals surface area contributed by atoms with Crippen LogP contribution in [-0.4, -0.2) is 0 Å². The lowest BCUT2D eigenvalue weighted by atomic mass is 9.67. The van der Waals surface area contributed by atoms with Gasteiger partial charge < -0.3 is 22.9 Å². The van der Waals surface area contributed by atoms with Crippen LogP contribution in [0.15, 0.2) is 84.9 Å². The Morgan fingerprint density at radius 1 is 0.548 bits per heavy atom. The Morgan fingerprint density at radius 3 is 1.39 bits per heavy atom. The lowest BCUT2D eigenvalue weighted by Crippen LogP contribution is -2.29. The van der Waals surface area contributed by atoms with Gasteiger partial charge in [-0.3, -0.25) is 0 Å². The summed E-state index contributed by atoms with van der Waals surface area (Å²) in [4.78, 5) is 0. The van der Waals surface area contributed by atoms with Crippen molar-refractivity contribution in [3.05, 3.63) is 118 Å². The van der Waals surface area contributed by atoms with Crippen LogP contribution in [0, 0.1) is 0 Å². The minimum absolute atomic E-state index is 0.384. The molecule has 0 radical (unpaired) electrons. The van der Waals surface area contributed by atoms with E-state index in [4.69, 9.17) is 22.9 Å². The number of benzene rings is 4. The van der Waals surface area contributed by atoms with Crippen LogP contribution in [0.2, 0.25) is 0 Å². The summed E-state index contributed by atoms with van der Waals surface area (Å²) in [5.74, 6) is 0. The molecule has 5 rings (SSSR count). The molecule has 0 aliphatic heterocycles. The molecule has 4 aromatic rings. The van der Waals surface area contributed by atoms with E-state index in [9.17, 15) is 0 Å². The third-order valence-corrected chi connectivity index (χ3v) is 6.54. The van der Waals surface area contributed by atoms with Crippen molar-refractivity contribution in [2.24, 2.45) is 11.5 Å². The molecule has 4 heteroatoms. The van der Waals surface area contributed by atoms with Crippen molar-refractivity contribution in [2.45, 2.75) is 18.5 Å². The monoisotopic (exact) mass is 406 g/mol. The molecule has 154 valence electrons. The van der Waals surface area contributed by atoms with Gasteiger partial charge in [0.05, 0.1) is 5.41 Å². The highest BCUT2D eigenvalue weighted by atomic mass is 14.6. The Kier molecular flexibility index (Phi) is 4.54. The summed E-state index contributed by atoms with van der Waals surface area (Å²) in [6.07, 6.45) is 0. The van der Waals surface area contributed by atoms with Crippen LogP contribution in [0.3, 0.4) is 0 Å². The molecule has 0 saturated carbocycles. The molecular formula is C27H26N4. The lowest BCUT2D eigenvalue weighted by molar-refractivity contribution is 0.763. The zero-order valence-corrected chi connectivity index (χ0v) is 17.3. The number of nitrogens with two attached hydrogens (primary N) is 4. The Labute approximate surface area is 182 Å². The van der Waals surface area contributed by atoms with E-state index in [0.29, 0.717) is 24.5 Å². The van der Waals surface area contributed by atoms with Gasteiger partial charge in [-0.2, -0.15) is 0 Å². The summed E-state index contributed by atoms with van der Waals surface area (Å²) < 4.78 is 0. The highest BCUT2D eigenvalue weighted by Gasteiger charge is 2.46. The Balaban J connectivity index is 1.95. The molecule has 0 spiro atoms. The average Bonchev–Trinajstić information content (AvgIpc) is 3.11. The van der Waals surface area contributed by atoms with E-state index < -0.39 is 5.41 Å². The first-order valence-electron chi connectivity index (χ1n) is 10.5. The molecule has 31 heavy (non-hydrogen) atoms. The van der Waals surface area contributed by atoms with Gasteiger partial charge in [0.2, 0.25) is 0 Å². The Morgan fingerprint density at radius 2 is 0.968 bits per heavy atom. The maximum Gasteiger partial charge on any atom is 0.0713 e. The van der Waals surface area contributed by atoms with Gasteiger partial charge in [0, 0.05) is 24.5 Å². The number of hydrogen-bond donors (Lipinski definition) is 4. The zero-order valence-electron chi connectivity index (χ0n) is 17.3. The summed E-state index contributed by atoms with van der Waals surface area (Å²) in [7, 11) is 0. The number of anilines is 2. The van der Waals surface area contributed by atoms with Crippen molar-refractivity contribution in [2.75, 3.05) is 11.5 Å². The molecule has 4 nitrogen and oxygen atoms in total. The number of hydrogen-bond acceptors (Lipinski definition) is 4. The Bertz CT molecular complexity index is 1190. The second-order valence-electron chi connectivity index (χ2n) is 8.08. The van der Waals surface area contributed by atoms with E-state index >= 15 is 0 Å².